The van der Waals surface area contributed by atoms with Crippen molar-refractivity contribution in [2.45, 2.75) is 70.3 Å². The molecule has 0 heterocycles. The second-order valence-corrected chi connectivity index (χ2v) is 6.58. The summed E-state index contributed by atoms with van der Waals surface area (Å²) >= 11 is 0. The number of amides is 2. The van der Waals surface area contributed by atoms with Crippen molar-refractivity contribution in [3.8, 4) is 0 Å². The standard InChI is InChI=1S/C16H28N2O3/c19-15(20)13-6-8-14(9-7-13)18-16(21)17-11-10-12-4-2-1-3-5-12/h12-14H,1-11H2,(H,19,20)(H2,17,18,21). The smallest absolute Gasteiger partial charge is 0.315 e. The van der Waals surface area contributed by atoms with Crippen LogP contribution in [0.25, 0.3) is 0 Å². The van der Waals surface area contributed by atoms with Crippen molar-refractivity contribution >= 4 is 12.0 Å². The molecule has 2 rings (SSSR count). The molecule has 2 aliphatic carbocycles. The van der Waals surface area contributed by atoms with Gasteiger partial charge in [-0.3, -0.25) is 4.79 Å². The molecule has 0 aromatic carbocycles. The van der Waals surface area contributed by atoms with Crippen LogP contribution in [0.5, 0.6) is 0 Å². The molecule has 0 unspecified atom stereocenters. The SMILES string of the molecule is O=C(NCCC1CCCCC1)NC1CCC(C(=O)O)CC1. The minimum Gasteiger partial charge on any atom is -0.481 e. The van der Waals surface area contributed by atoms with Gasteiger partial charge in [0.1, 0.15) is 0 Å². The molecule has 0 bridgehead atoms. The van der Waals surface area contributed by atoms with E-state index < -0.39 is 5.97 Å². The van der Waals surface area contributed by atoms with E-state index in [1.165, 1.54) is 32.1 Å². The monoisotopic (exact) mass is 296 g/mol. The Balaban J connectivity index is 1.56. The van der Waals surface area contributed by atoms with Gasteiger partial charge in [0.15, 0.2) is 0 Å². The molecule has 0 spiro atoms. The van der Waals surface area contributed by atoms with Gasteiger partial charge < -0.3 is 15.7 Å². The number of carbonyl (C=O) groups excluding carboxylic acids is 1. The minimum atomic E-state index is -0.703. The molecule has 0 radical (unpaired) electrons. The Labute approximate surface area is 126 Å². The van der Waals surface area contributed by atoms with Crippen molar-refractivity contribution in [2.24, 2.45) is 11.8 Å². The molecule has 2 saturated carbocycles. The van der Waals surface area contributed by atoms with E-state index in [1.807, 2.05) is 0 Å². The van der Waals surface area contributed by atoms with Gasteiger partial charge in [0.2, 0.25) is 0 Å². The van der Waals surface area contributed by atoms with Crippen molar-refractivity contribution in [3.63, 3.8) is 0 Å². The van der Waals surface area contributed by atoms with E-state index >= 15 is 0 Å². The Morgan fingerprint density at radius 2 is 1.62 bits per heavy atom. The molecule has 120 valence electrons. The number of carboxylic acids is 1. The first-order valence-corrected chi connectivity index (χ1v) is 8.42. The molecule has 0 saturated heterocycles. The minimum absolute atomic E-state index is 0.0930. The van der Waals surface area contributed by atoms with Crippen LogP contribution in [0.2, 0.25) is 0 Å². The highest BCUT2D eigenvalue weighted by atomic mass is 16.4. The molecular formula is C16H28N2O3. The van der Waals surface area contributed by atoms with Crippen LogP contribution in [0.1, 0.15) is 64.2 Å². The number of carboxylic acid groups (broad SMARTS) is 1. The molecule has 0 aromatic heterocycles. The van der Waals surface area contributed by atoms with Crippen molar-refractivity contribution < 1.29 is 14.7 Å². The molecule has 0 aromatic rings. The van der Waals surface area contributed by atoms with Gasteiger partial charge in [-0.05, 0) is 38.0 Å². The Bertz CT molecular complexity index is 345. The number of hydrogen-bond acceptors (Lipinski definition) is 2. The third-order valence-corrected chi connectivity index (χ3v) is 4.97. The van der Waals surface area contributed by atoms with Gasteiger partial charge in [-0.2, -0.15) is 0 Å². The molecule has 5 heteroatoms. The summed E-state index contributed by atoms with van der Waals surface area (Å²) in [4.78, 5) is 22.7. The maximum absolute atomic E-state index is 11.8. The zero-order chi connectivity index (χ0) is 15.1. The summed E-state index contributed by atoms with van der Waals surface area (Å²) in [5.41, 5.74) is 0. The summed E-state index contributed by atoms with van der Waals surface area (Å²) in [7, 11) is 0. The van der Waals surface area contributed by atoms with Gasteiger partial charge in [-0.15, -0.1) is 0 Å². The number of carbonyl (C=O) groups is 2. The van der Waals surface area contributed by atoms with E-state index in [-0.39, 0.29) is 18.0 Å². The average Bonchev–Trinajstić information content (AvgIpc) is 2.49. The first-order valence-electron chi connectivity index (χ1n) is 8.42. The highest BCUT2D eigenvalue weighted by Gasteiger charge is 2.26. The van der Waals surface area contributed by atoms with Crippen LogP contribution < -0.4 is 10.6 Å². The third kappa shape index (κ3) is 5.56. The third-order valence-electron chi connectivity index (χ3n) is 4.97. The summed E-state index contributed by atoms with van der Waals surface area (Å²) in [5, 5.41) is 14.9. The molecule has 2 fully saturated rings. The van der Waals surface area contributed by atoms with Crippen molar-refractivity contribution in [2.75, 3.05) is 6.54 Å². The van der Waals surface area contributed by atoms with E-state index in [4.69, 9.17) is 5.11 Å². The lowest BCUT2D eigenvalue weighted by molar-refractivity contribution is -0.142. The second kappa shape index (κ2) is 8.25. The molecule has 2 amide bonds. The van der Waals surface area contributed by atoms with Crippen LogP contribution in [-0.2, 0) is 4.79 Å². The number of hydrogen-bond donors (Lipinski definition) is 3. The Hall–Kier alpha value is -1.26. The fourth-order valence-electron chi connectivity index (χ4n) is 3.59. The summed E-state index contributed by atoms with van der Waals surface area (Å²) in [6.45, 7) is 0.751. The van der Waals surface area contributed by atoms with Crippen LogP contribution in [0.15, 0.2) is 0 Å². The van der Waals surface area contributed by atoms with E-state index in [2.05, 4.69) is 10.6 Å². The molecule has 21 heavy (non-hydrogen) atoms. The fraction of sp³-hybridized carbons (Fsp3) is 0.875. The van der Waals surface area contributed by atoms with Crippen LogP contribution in [0.4, 0.5) is 4.79 Å². The summed E-state index contributed by atoms with van der Waals surface area (Å²) < 4.78 is 0. The lowest BCUT2D eigenvalue weighted by Gasteiger charge is -2.27. The van der Waals surface area contributed by atoms with Gasteiger partial charge in [-0.1, -0.05) is 32.1 Å². The van der Waals surface area contributed by atoms with Gasteiger partial charge in [0.05, 0.1) is 5.92 Å². The quantitative estimate of drug-likeness (QED) is 0.730. The highest BCUT2D eigenvalue weighted by Crippen LogP contribution is 2.26. The second-order valence-electron chi connectivity index (χ2n) is 6.58. The molecule has 5 nitrogen and oxygen atoms in total. The molecule has 0 aliphatic heterocycles. The van der Waals surface area contributed by atoms with Gasteiger partial charge in [0.25, 0.3) is 0 Å². The van der Waals surface area contributed by atoms with Gasteiger partial charge in [0, 0.05) is 12.6 Å². The fourth-order valence-corrected chi connectivity index (χ4v) is 3.59. The predicted octanol–water partition coefficient (Wildman–Crippen LogP) is 2.90. The van der Waals surface area contributed by atoms with Gasteiger partial charge >= 0.3 is 12.0 Å². The Morgan fingerprint density at radius 1 is 0.952 bits per heavy atom. The number of urea groups is 1. The lowest BCUT2D eigenvalue weighted by atomic mass is 9.86. The largest absolute Gasteiger partial charge is 0.481 e. The van der Waals surface area contributed by atoms with E-state index in [1.54, 1.807) is 0 Å². The van der Waals surface area contributed by atoms with Crippen LogP contribution >= 0.6 is 0 Å². The number of nitrogens with one attached hydrogen (secondary N) is 2. The number of rotatable bonds is 5. The highest BCUT2D eigenvalue weighted by molar-refractivity contribution is 5.74. The van der Waals surface area contributed by atoms with Crippen LogP contribution in [0.3, 0.4) is 0 Å². The zero-order valence-electron chi connectivity index (χ0n) is 12.8. The molecule has 2 aliphatic rings. The Morgan fingerprint density at radius 3 is 2.24 bits per heavy atom. The Kier molecular flexibility index (Phi) is 6.33. The maximum atomic E-state index is 11.8. The van der Waals surface area contributed by atoms with E-state index in [9.17, 15) is 9.59 Å². The molecular weight excluding hydrogens is 268 g/mol. The maximum Gasteiger partial charge on any atom is 0.315 e. The summed E-state index contributed by atoms with van der Waals surface area (Å²) in [6, 6.07) is 0.0415. The summed E-state index contributed by atoms with van der Waals surface area (Å²) in [6.07, 6.45) is 10.6. The molecule has 0 atom stereocenters. The average molecular weight is 296 g/mol. The van der Waals surface area contributed by atoms with Crippen molar-refractivity contribution in [3.05, 3.63) is 0 Å². The van der Waals surface area contributed by atoms with E-state index in [0.29, 0.717) is 12.8 Å². The first kappa shape index (κ1) is 16.1. The van der Waals surface area contributed by atoms with Crippen LogP contribution in [0, 0.1) is 11.8 Å². The van der Waals surface area contributed by atoms with Crippen molar-refractivity contribution in [1.82, 2.24) is 10.6 Å². The first-order chi connectivity index (χ1) is 10.1. The van der Waals surface area contributed by atoms with Crippen molar-refractivity contribution in [1.29, 1.82) is 0 Å². The normalized spacial score (nSPS) is 27.0. The topological polar surface area (TPSA) is 78.4 Å². The van der Waals surface area contributed by atoms with E-state index in [0.717, 1.165) is 31.7 Å². The zero-order valence-corrected chi connectivity index (χ0v) is 12.8. The molecule has 3 N–H and O–H groups in total. The summed E-state index contributed by atoms with van der Waals surface area (Å²) in [5.74, 6) is -0.146. The van der Waals surface area contributed by atoms with Crippen LogP contribution in [-0.4, -0.2) is 29.7 Å². The number of aliphatic carboxylic acids is 1. The predicted molar refractivity (Wildman–Crippen MR) is 81.1 cm³/mol. The van der Waals surface area contributed by atoms with Gasteiger partial charge in [-0.25, -0.2) is 4.79 Å². The lowest BCUT2D eigenvalue weighted by Crippen LogP contribution is -2.44.